The lowest BCUT2D eigenvalue weighted by Crippen LogP contribution is -2.29. The summed E-state index contributed by atoms with van der Waals surface area (Å²) in [5.74, 6) is 0.238. The van der Waals surface area contributed by atoms with Gasteiger partial charge in [-0.3, -0.25) is 14.4 Å². The predicted octanol–water partition coefficient (Wildman–Crippen LogP) is 3.86. The van der Waals surface area contributed by atoms with Gasteiger partial charge in [0.05, 0.1) is 17.9 Å². The number of carbonyl (C=O) groups excluding carboxylic acids is 2. The number of amides is 2. The van der Waals surface area contributed by atoms with Gasteiger partial charge in [0.2, 0.25) is 5.91 Å². The highest BCUT2D eigenvalue weighted by molar-refractivity contribution is 8.00. The van der Waals surface area contributed by atoms with Crippen LogP contribution in [-0.4, -0.2) is 40.1 Å². The van der Waals surface area contributed by atoms with E-state index >= 15 is 0 Å². The van der Waals surface area contributed by atoms with Crippen LogP contribution in [0.2, 0.25) is 0 Å². The van der Waals surface area contributed by atoms with Crippen LogP contribution < -0.4 is 10.9 Å². The summed E-state index contributed by atoms with van der Waals surface area (Å²) in [4.78, 5) is 39.8. The van der Waals surface area contributed by atoms with Crippen LogP contribution in [-0.2, 0) is 11.3 Å². The third kappa shape index (κ3) is 5.48. The fraction of sp³-hybridized carbons (Fsp3) is 0.240. The van der Waals surface area contributed by atoms with Gasteiger partial charge in [0.15, 0.2) is 0 Å². The van der Waals surface area contributed by atoms with Crippen LogP contribution in [0.25, 0.3) is 0 Å². The van der Waals surface area contributed by atoms with Crippen molar-refractivity contribution >= 4 is 29.3 Å². The zero-order valence-electron chi connectivity index (χ0n) is 17.7. The second-order valence-corrected chi connectivity index (χ2v) is 8.71. The molecule has 1 aliphatic heterocycles. The molecule has 0 radical (unpaired) electrons. The van der Waals surface area contributed by atoms with Crippen molar-refractivity contribution in [1.82, 2.24) is 9.47 Å². The fourth-order valence-corrected chi connectivity index (χ4v) is 4.61. The molecule has 32 heavy (non-hydrogen) atoms. The number of benzene rings is 2. The van der Waals surface area contributed by atoms with Gasteiger partial charge in [0, 0.05) is 35.9 Å². The third-order valence-electron chi connectivity index (χ3n) is 5.41. The molecule has 0 bridgehead atoms. The van der Waals surface area contributed by atoms with Crippen LogP contribution in [0.15, 0.2) is 82.6 Å². The molecule has 0 aliphatic carbocycles. The van der Waals surface area contributed by atoms with Gasteiger partial charge in [-0.05, 0) is 48.7 Å². The Bertz CT molecular complexity index is 1150. The molecule has 1 saturated heterocycles. The maximum Gasteiger partial charge on any atom is 0.256 e. The van der Waals surface area contributed by atoms with E-state index in [1.807, 2.05) is 53.4 Å². The number of anilines is 1. The normalized spacial score (nSPS) is 13.2. The highest BCUT2D eigenvalue weighted by Crippen LogP contribution is 2.25. The Labute approximate surface area is 191 Å². The lowest BCUT2D eigenvalue weighted by Gasteiger charge is -2.15. The summed E-state index contributed by atoms with van der Waals surface area (Å²) >= 11 is 1.40. The summed E-state index contributed by atoms with van der Waals surface area (Å²) < 4.78 is 1.63. The van der Waals surface area contributed by atoms with Crippen LogP contribution in [0.1, 0.15) is 28.8 Å². The molecule has 1 fully saturated rings. The summed E-state index contributed by atoms with van der Waals surface area (Å²) in [7, 11) is 0. The largest absolute Gasteiger partial charge is 0.342 e. The molecule has 7 heteroatoms. The quantitative estimate of drug-likeness (QED) is 0.558. The monoisotopic (exact) mass is 447 g/mol. The van der Waals surface area contributed by atoms with E-state index in [9.17, 15) is 14.4 Å². The summed E-state index contributed by atoms with van der Waals surface area (Å²) in [6, 6.07) is 19.9. The number of carbonyl (C=O) groups is 2. The second-order valence-electron chi connectivity index (χ2n) is 7.69. The molecule has 4 rings (SSSR count). The molecule has 0 unspecified atom stereocenters. The van der Waals surface area contributed by atoms with Crippen LogP contribution in [0.5, 0.6) is 0 Å². The van der Waals surface area contributed by atoms with Gasteiger partial charge < -0.3 is 14.8 Å². The minimum atomic E-state index is -0.214. The van der Waals surface area contributed by atoms with Crippen molar-refractivity contribution in [1.29, 1.82) is 0 Å². The highest BCUT2D eigenvalue weighted by Gasteiger charge is 2.19. The molecule has 164 valence electrons. The Balaban J connectivity index is 1.39. The number of likely N-dealkylation sites (tertiary alicyclic amines) is 1. The fourth-order valence-electron chi connectivity index (χ4n) is 3.66. The topological polar surface area (TPSA) is 71.4 Å². The Kier molecular flexibility index (Phi) is 7.07. The van der Waals surface area contributed by atoms with Gasteiger partial charge in [-0.15, -0.1) is 11.8 Å². The van der Waals surface area contributed by atoms with Crippen LogP contribution >= 0.6 is 11.8 Å². The van der Waals surface area contributed by atoms with E-state index in [1.165, 1.54) is 17.8 Å². The van der Waals surface area contributed by atoms with Crippen molar-refractivity contribution < 1.29 is 9.59 Å². The number of rotatable bonds is 7. The zero-order valence-corrected chi connectivity index (χ0v) is 18.5. The molecular weight excluding hydrogens is 422 g/mol. The number of hydrogen-bond acceptors (Lipinski definition) is 4. The summed E-state index contributed by atoms with van der Waals surface area (Å²) in [5.41, 5.74) is 2.13. The molecule has 6 nitrogen and oxygen atoms in total. The zero-order chi connectivity index (χ0) is 22.3. The van der Waals surface area contributed by atoms with Crippen molar-refractivity contribution in [2.75, 3.05) is 24.2 Å². The van der Waals surface area contributed by atoms with Gasteiger partial charge in [-0.25, -0.2) is 0 Å². The average Bonchev–Trinajstić information content (AvgIpc) is 3.36. The summed E-state index contributed by atoms with van der Waals surface area (Å²) in [6.45, 7) is 2.13. The SMILES string of the molecule is O=C(Nc1ccc(Cn2ccccc2=O)cc1)c1ccccc1SCC(=O)N1CCCC1. The van der Waals surface area contributed by atoms with Crippen LogP contribution in [0.3, 0.4) is 0 Å². The molecule has 1 N–H and O–H groups in total. The number of nitrogens with one attached hydrogen (secondary N) is 1. The van der Waals surface area contributed by atoms with E-state index < -0.39 is 0 Å². The molecule has 2 heterocycles. The lowest BCUT2D eigenvalue weighted by molar-refractivity contribution is -0.127. The molecular formula is C25H25N3O3S. The van der Waals surface area contributed by atoms with E-state index in [1.54, 1.807) is 22.9 Å². The van der Waals surface area contributed by atoms with Crippen molar-refractivity contribution in [3.63, 3.8) is 0 Å². The van der Waals surface area contributed by atoms with Crippen molar-refractivity contribution in [2.24, 2.45) is 0 Å². The minimum absolute atomic E-state index is 0.0535. The first kappa shape index (κ1) is 21.9. The van der Waals surface area contributed by atoms with Gasteiger partial charge >= 0.3 is 0 Å². The van der Waals surface area contributed by atoms with E-state index in [4.69, 9.17) is 0 Å². The van der Waals surface area contributed by atoms with Crippen LogP contribution in [0.4, 0.5) is 5.69 Å². The number of nitrogens with zero attached hydrogens (tertiary/aromatic N) is 2. The van der Waals surface area contributed by atoms with Gasteiger partial charge in [-0.2, -0.15) is 0 Å². The van der Waals surface area contributed by atoms with E-state index in [0.717, 1.165) is 36.4 Å². The molecule has 3 aromatic rings. The molecule has 2 amide bonds. The van der Waals surface area contributed by atoms with Crippen molar-refractivity contribution in [3.05, 3.63) is 94.4 Å². The Morgan fingerprint density at radius 2 is 1.62 bits per heavy atom. The van der Waals surface area contributed by atoms with Crippen molar-refractivity contribution in [3.8, 4) is 0 Å². The maximum atomic E-state index is 12.9. The van der Waals surface area contributed by atoms with Gasteiger partial charge in [-0.1, -0.05) is 30.3 Å². The maximum absolute atomic E-state index is 12.9. The first-order valence-corrected chi connectivity index (χ1v) is 11.6. The standard InChI is InChI=1S/C25H25N3O3S/c29-23-9-3-4-16-28(23)17-19-10-12-20(13-11-19)26-25(31)21-7-1-2-8-22(21)32-18-24(30)27-14-5-6-15-27/h1-4,7-13,16H,5-6,14-15,17-18H2,(H,26,31). The van der Waals surface area contributed by atoms with Gasteiger partial charge in [0.1, 0.15) is 0 Å². The number of thioether (sulfide) groups is 1. The summed E-state index contributed by atoms with van der Waals surface area (Å²) in [5, 5.41) is 2.93. The van der Waals surface area contributed by atoms with Crippen LogP contribution in [0, 0.1) is 0 Å². The highest BCUT2D eigenvalue weighted by atomic mass is 32.2. The Hall–Kier alpha value is -3.32. The summed E-state index contributed by atoms with van der Waals surface area (Å²) in [6.07, 6.45) is 3.88. The number of pyridine rings is 1. The Morgan fingerprint density at radius 3 is 2.38 bits per heavy atom. The smallest absolute Gasteiger partial charge is 0.256 e. The second kappa shape index (κ2) is 10.3. The van der Waals surface area contributed by atoms with Crippen molar-refractivity contribution in [2.45, 2.75) is 24.3 Å². The number of hydrogen-bond donors (Lipinski definition) is 1. The molecule has 1 aliphatic rings. The van der Waals surface area contributed by atoms with Gasteiger partial charge in [0.25, 0.3) is 11.5 Å². The Morgan fingerprint density at radius 1 is 0.906 bits per heavy atom. The first-order chi connectivity index (χ1) is 15.6. The lowest BCUT2D eigenvalue weighted by atomic mass is 10.1. The molecule has 0 saturated carbocycles. The molecule has 1 aromatic heterocycles. The van der Waals surface area contributed by atoms with E-state index in [2.05, 4.69) is 5.32 Å². The first-order valence-electron chi connectivity index (χ1n) is 10.7. The molecule has 0 spiro atoms. The van der Waals surface area contributed by atoms with E-state index in [0.29, 0.717) is 23.5 Å². The van der Waals surface area contributed by atoms with E-state index in [-0.39, 0.29) is 17.4 Å². The third-order valence-corrected chi connectivity index (χ3v) is 6.46. The minimum Gasteiger partial charge on any atom is -0.342 e. The number of aromatic nitrogens is 1. The molecule has 2 aromatic carbocycles. The molecule has 0 atom stereocenters. The predicted molar refractivity (Wildman–Crippen MR) is 127 cm³/mol. The average molecular weight is 448 g/mol.